The Kier molecular flexibility index (Phi) is 10.7. The molecule has 0 spiro atoms. The van der Waals surface area contributed by atoms with Crippen molar-refractivity contribution >= 4 is 39.9 Å². The van der Waals surface area contributed by atoms with Gasteiger partial charge >= 0.3 is 5.97 Å². The molecule has 0 radical (unpaired) electrons. The lowest BCUT2D eigenvalue weighted by Gasteiger charge is -2.21. The van der Waals surface area contributed by atoms with E-state index in [0.717, 1.165) is 22.9 Å². The number of nitrogens with zero attached hydrogens (tertiary/aromatic N) is 1. The summed E-state index contributed by atoms with van der Waals surface area (Å²) < 4.78 is 7.09. The van der Waals surface area contributed by atoms with E-state index in [1.807, 2.05) is 89.6 Å². The fourth-order valence-electron chi connectivity index (χ4n) is 5.67. The van der Waals surface area contributed by atoms with Gasteiger partial charge in [0.25, 0.3) is 5.91 Å². The van der Waals surface area contributed by atoms with Crippen molar-refractivity contribution in [2.45, 2.75) is 52.6 Å². The molecule has 2 N–H and O–H groups in total. The van der Waals surface area contributed by atoms with Crippen LogP contribution in [0.25, 0.3) is 10.9 Å². The van der Waals surface area contributed by atoms with Crippen molar-refractivity contribution in [2.24, 2.45) is 5.92 Å². The average Bonchev–Trinajstić information content (AvgIpc) is 3.42. The van der Waals surface area contributed by atoms with Crippen molar-refractivity contribution in [2.75, 3.05) is 17.2 Å². The number of ketones is 1. The number of esters is 1. The van der Waals surface area contributed by atoms with Crippen LogP contribution in [0.3, 0.4) is 0 Å². The first-order chi connectivity index (χ1) is 22.3. The molecule has 0 saturated carbocycles. The van der Waals surface area contributed by atoms with Crippen molar-refractivity contribution < 1.29 is 19.1 Å². The van der Waals surface area contributed by atoms with Gasteiger partial charge in [-0.15, -0.1) is 0 Å². The Hall–Kier alpha value is -5.17. The number of para-hydroxylation sites is 2. The third kappa shape index (κ3) is 8.10. The number of carbonyl (C=O) groups is 3. The molecule has 0 aliphatic rings. The number of amides is 1. The molecule has 1 heterocycles. The molecule has 46 heavy (non-hydrogen) atoms. The van der Waals surface area contributed by atoms with Crippen LogP contribution in [0.5, 0.6) is 0 Å². The summed E-state index contributed by atoms with van der Waals surface area (Å²) >= 11 is 0. The normalized spacial score (nSPS) is 11.7. The fourth-order valence-corrected chi connectivity index (χ4v) is 5.67. The number of anilines is 2. The molecule has 236 valence electrons. The van der Waals surface area contributed by atoms with Crippen LogP contribution in [0.1, 0.15) is 66.7 Å². The minimum atomic E-state index is -0.694. The number of hydrogen-bond donors (Lipinski definition) is 2. The highest BCUT2D eigenvalue weighted by Gasteiger charge is 2.23. The topological polar surface area (TPSA) is 89.4 Å². The van der Waals surface area contributed by atoms with Crippen molar-refractivity contribution in [1.29, 1.82) is 0 Å². The number of fused-ring (bicyclic) bond motifs is 1. The lowest BCUT2D eigenvalue weighted by atomic mass is 9.98. The van der Waals surface area contributed by atoms with Crippen LogP contribution in [0.15, 0.2) is 109 Å². The van der Waals surface area contributed by atoms with Crippen LogP contribution >= 0.6 is 0 Å². The van der Waals surface area contributed by atoms with E-state index in [9.17, 15) is 14.4 Å². The summed E-state index contributed by atoms with van der Waals surface area (Å²) in [6.07, 6.45) is 3.75. The second-order valence-corrected chi connectivity index (χ2v) is 11.8. The average molecular weight is 616 g/mol. The molecule has 7 heteroatoms. The fraction of sp³-hybridized carbons (Fsp3) is 0.256. The molecule has 1 atom stereocenters. The molecular formula is C39H41N3O4. The summed E-state index contributed by atoms with van der Waals surface area (Å²) in [7, 11) is 0. The van der Waals surface area contributed by atoms with Gasteiger partial charge in [0.1, 0.15) is 6.04 Å². The number of benzene rings is 4. The van der Waals surface area contributed by atoms with Crippen LogP contribution in [0.4, 0.5) is 11.4 Å². The molecule has 7 nitrogen and oxygen atoms in total. The van der Waals surface area contributed by atoms with Gasteiger partial charge in [-0.25, -0.2) is 0 Å². The molecule has 0 aliphatic carbocycles. The van der Waals surface area contributed by atoms with Gasteiger partial charge in [-0.1, -0.05) is 86.6 Å². The highest BCUT2D eigenvalue weighted by Crippen LogP contribution is 2.28. The standard InChI is InChI=1S/C39H41N3O4/c1-4-46-36(43)18-11-23-42-26-34(33-16-8-9-17-35(33)42)38(44)30-12-10-15-32(25-30)40-37(39(45)41-31-13-6-5-7-14-31)29-21-19-28(20-22-29)24-27(2)3/h5-10,12-17,19-22,25-27,37,40H,4,11,18,23-24H2,1-3H3,(H,41,45). The van der Waals surface area contributed by atoms with E-state index in [-0.39, 0.29) is 17.7 Å². The van der Waals surface area contributed by atoms with Crippen LogP contribution in [-0.2, 0) is 27.3 Å². The van der Waals surface area contributed by atoms with E-state index in [1.54, 1.807) is 19.1 Å². The van der Waals surface area contributed by atoms with Crippen molar-refractivity contribution in [1.82, 2.24) is 4.57 Å². The predicted molar refractivity (Wildman–Crippen MR) is 184 cm³/mol. The zero-order chi connectivity index (χ0) is 32.5. The van der Waals surface area contributed by atoms with Crippen molar-refractivity contribution in [3.8, 4) is 0 Å². The molecule has 0 saturated heterocycles. The third-order valence-corrected chi connectivity index (χ3v) is 7.81. The predicted octanol–water partition coefficient (Wildman–Crippen LogP) is 8.21. The van der Waals surface area contributed by atoms with Crippen LogP contribution < -0.4 is 10.6 Å². The summed E-state index contributed by atoms with van der Waals surface area (Å²) in [6, 6.07) is 31.9. The molecule has 0 fully saturated rings. The Morgan fingerprint density at radius 1 is 0.826 bits per heavy atom. The summed E-state index contributed by atoms with van der Waals surface area (Å²) in [6.45, 7) is 7.11. The number of ether oxygens (including phenoxy) is 1. The van der Waals surface area contributed by atoms with Crippen molar-refractivity contribution in [3.05, 3.63) is 132 Å². The number of carbonyl (C=O) groups excluding carboxylic acids is 3. The maximum absolute atomic E-state index is 14.0. The van der Waals surface area contributed by atoms with Gasteiger partial charge in [-0.05, 0) is 67.1 Å². The molecule has 0 bridgehead atoms. The van der Waals surface area contributed by atoms with Gasteiger partial charge in [0, 0.05) is 52.6 Å². The zero-order valence-electron chi connectivity index (χ0n) is 26.7. The Morgan fingerprint density at radius 3 is 2.28 bits per heavy atom. The molecule has 1 aromatic heterocycles. The van der Waals surface area contributed by atoms with E-state index in [1.165, 1.54) is 5.56 Å². The highest BCUT2D eigenvalue weighted by atomic mass is 16.5. The Bertz CT molecular complexity index is 1790. The molecule has 4 aromatic carbocycles. The summed E-state index contributed by atoms with van der Waals surface area (Å²) in [5, 5.41) is 7.28. The maximum atomic E-state index is 14.0. The van der Waals surface area contributed by atoms with E-state index < -0.39 is 6.04 Å². The Labute approximate surface area is 270 Å². The lowest BCUT2D eigenvalue weighted by Crippen LogP contribution is -2.27. The van der Waals surface area contributed by atoms with E-state index in [4.69, 9.17) is 4.74 Å². The van der Waals surface area contributed by atoms with Gasteiger partial charge in [-0.3, -0.25) is 14.4 Å². The number of aryl methyl sites for hydroxylation is 1. The van der Waals surface area contributed by atoms with Crippen LogP contribution in [0, 0.1) is 5.92 Å². The second kappa shape index (κ2) is 15.2. The second-order valence-electron chi connectivity index (χ2n) is 11.8. The minimum absolute atomic E-state index is 0.118. The quantitative estimate of drug-likeness (QED) is 0.0971. The molecule has 0 aliphatic heterocycles. The van der Waals surface area contributed by atoms with E-state index >= 15 is 0 Å². The SMILES string of the molecule is CCOC(=O)CCCn1cc(C(=O)c2cccc(NC(C(=O)Nc3ccccc3)c3ccc(CC(C)C)cc3)c2)c2ccccc21. The van der Waals surface area contributed by atoms with Gasteiger partial charge in [-0.2, -0.15) is 0 Å². The molecule has 1 amide bonds. The lowest BCUT2D eigenvalue weighted by molar-refractivity contribution is -0.143. The number of aromatic nitrogens is 1. The number of hydrogen-bond acceptors (Lipinski definition) is 5. The maximum Gasteiger partial charge on any atom is 0.305 e. The van der Waals surface area contributed by atoms with Crippen molar-refractivity contribution in [3.63, 3.8) is 0 Å². The molecule has 5 rings (SSSR count). The van der Waals surface area contributed by atoms with E-state index in [2.05, 4.69) is 36.6 Å². The van der Waals surface area contributed by atoms with Crippen LogP contribution in [-0.4, -0.2) is 28.8 Å². The number of rotatable bonds is 14. The molecule has 1 unspecified atom stereocenters. The summed E-state index contributed by atoms with van der Waals surface area (Å²) in [4.78, 5) is 39.5. The first-order valence-corrected chi connectivity index (χ1v) is 15.9. The molecular weight excluding hydrogens is 574 g/mol. The van der Waals surface area contributed by atoms with Gasteiger partial charge < -0.3 is 19.9 Å². The Balaban J connectivity index is 1.40. The van der Waals surface area contributed by atoms with Crippen LogP contribution in [0.2, 0.25) is 0 Å². The monoisotopic (exact) mass is 615 g/mol. The van der Waals surface area contributed by atoms with E-state index in [0.29, 0.717) is 54.4 Å². The number of nitrogens with one attached hydrogen (secondary N) is 2. The highest BCUT2D eigenvalue weighted by molar-refractivity contribution is 6.16. The largest absolute Gasteiger partial charge is 0.466 e. The summed E-state index contributed by atoms with van der Waals surface area (Å²) in [5.74, 6) is -0.0142. The summed E-state index contributed by atoms with van der Waals surface area (Å²) in [5.41, 5.74) is 5.43. The smallest absolute Gasteiger partial charge is 0.305 e. The third-order valence-electron chi connectivity index (χ3n) is 7.81. The van der Waals surface area contributed by atoms with Gasteiger partial charge in [0.15, 0.2) is 5.78 Å². The zero-order valence-corrected chi connectivity index (χ0v) is 26.7. The first kappa shape index (κ1) is 32.2. The first-order valence-electron chi connectivity index (χ1n) is 15.9. The van der Waals surface area contributed by atoms with Gasteiger partial charge in [0.2, 0.25) is 0 Å². The Morgan fingerprint density at radius 2 is 1.54 bits per heavy atom. The minimum Gasteiger partial charge on any atom is -0.466 e. The molecule has 5 aromatic rings. The van der Waals surface area contributed by atoms with Gasteiger partial charge in [0.05, 0.1) is 6.61 Å².